The number of sulfone groups is 1. The number of benzene rings is 2. The van der Waals surface area contributed by atoms with E-state index < -0.39 is 41.8 Å². The van der Waals surface area contributed by atoms with Crippen molar-refractivity contribution in [2.24, 2.45) is 0 Å². The van der Waals surface area contributed by atoms with Gasteiger partial charge in [-0.05, 0) is 24.3 Å². The zero-order valence-electron chi connectivity index (χ0n) is 11.0. The molecule has 2 aromatic rings. The third-order valence-electron chi connectivity index (χ3n) is 2.86. The van der Waals surface area contributed by atoms with Crippen LogP contribution >= 0.6 is 23.2 Å². The van der Waals surface area contributed by atoms with E-state index in [2.05, 4.69) is 0 Å². The Morgan fingerprint density at radius 1 is 1.04 bits per heavy atom. The molecule has 0 aromatic heterocycles. The third kappa shape index (κ3) is 3.29. The first-order valence-corrected chi connectivity index (χ1v) is 8.08. The van der Waals surface area contributed by atoms with Crippen LogP contribution < -0.4 is 5.11 Å². The number of rotatable bonds is 4. The molecule has 2 rings (SSSR count). The highest BCUT2D eigenvalue weighted by atomic mass is 35.5. The molecule has 0 fully saturated rings. The lowest BCUT2D eigenvalue weighted by molar-refractivity contribution is -0.387. The number of carboxylic acids is 1. The second-order valence-corrected chi connectivity index (χ2v) is 7.04. The number of aromatic carboxylic acids is 1. The lowest BCUT2D eigenvalue weighted by atomic mass is 10.2. The molecule has 0 heterocycles. The standard InChI is InChI=1S/C13H7Cl2NO6S/c14-8-2-3-9(15)12(6-8)23(21,22)11-4-1-7(13(17)18)5-10(11)16(19)20/h1-6H,(H,17,18)/p-1. The number of nitro benzene ring substituents is 1. The molecular formula is C13H6Cl2NO6S-. The highest BCUT2D eigenvalue weighted by Crippen LogP contribution is 2.34. The minimum atomic E-state index is -4.38. The first-order valence-electron chi connectivity index (χ1n) is 5.84. The number of halogens is 2. The van der Waals surface area contributed by atoms with Gasteiger partial charge in [0, 0.05) is 16.7 Å². The van der Waals surface area contributed by atoms with Gasteiger partial charge in [-0.15, -0.1) is 0 Å². The number of nitro groups is 1. The van der Waals surface area contributed by atoms with Gasteiger partial charge in [0.05, 0.1) is 20.8 Å². The first kappa shape index (κ1) is 17.2. The molecule has 0 aliphatic heterocycles. The third-order valence-corrected chi connectivity index (χ3v) is 5.38. The molecular weight excluding hydrogens is 369 g/mol. The van der Waals surface area contributed by atoms with Gasteiger partial charge in [0.2, 0.25) is 9.84 Å². The van der Waals surface area contributed by atoms with Crippen LogP contribution in [0.15, 0.2) is 46.2 Å². The zero-order chi connectivity index (χ0) is 17.4. The molecule has 0 atom stereocenters. The van der Waals surface area contributed by atoms with Gasteiger partial charge in [-0.25, -0.2) is 8.42 Å². The van der Waals surface area contributed by atoms with Crippen LogP contribution in [-0.4, -0.2) is 19.3 Å². The van der Waals surface area contributed by atoms with Gasteiger partial charge in [-0.2, -0.15) is 0 Å². The molecule has 2 aromatic carbocycles. The summed E-state index contributed by atoms with van der Waals surface area (Å²) in [7, 11) is -4.38. The molecule has 0 N–H and O–H groups in total. The van der Waals surface area contributed by atoms with E-state index in [1.54, 1.807) is 0 Å². The van der Waals surface area contributed by atoms with Crippen molar-refractivity contribution in [1.82, 2.24) is 0 Å². The van der Waals surface area contributed by atoms with E-state index in [1.165, 1.54) is 12.1 Å². The molecule has 0 spiro atoms. The molecule has 0 saturated carbocycles. The average molecular weight is 375 g/mol. The van der Waals surface area contributed by atoms with Crippen LogP contribution in [0.4, 0.5) is 5.69 Å². The van der Waals surface area contributed by atoms with Crippen molar-refractivity contribution in [3.05, 3.63) is 62.1 Å². The van der Waals surface area contributed by atoms with Crippen molar-refractivity contribution in [2.45, 2.75) is 9.79 Å². The van der Waals surface area contributed by atoms with E-state index in [1.807, 2.05) is 0 Å². The molecule has 0 aliphatic rings. The fourth-order valence-electron chi connectivity index (χ4n) is 1.82. The lowest BCUT2D eigenvalue weighted by Gasteiger charge is -2.09. The second kappa shape index (κ2) is 6.15. The van der Waals surface area contributed by atoms with Crippen molar-refractivity contribution < 1.29 is 23.2 Å². The molecule has 0 unspecified atom stereocenters. The summed E-state index contributed by atoms with van der Waals surface area (Å²) in [4.78, 5) is 19.8. The summed E-state index contributed by atoms with van der Waals surface area (Å²) in [5.41, 5.74) is -1.42. The van der Waals surface area contributed by atoms with Crippen LogP contribution in [-0.2, 0) is 9.84 Å². The Morgan fingerprint density at radius 3 is 2.26 bits per heavy atom. The Morgan fingerprint density at radius 2 is 1.70 bits per heavy atom. The summed E-state index contributed by atoms with van der Waals surface area (Å²) < 4.78 is 25.2. The Kier molecular flexibility index (Phi) is 4.60. The van der Waals surface area contributed by atoms with Crippen LogP contribution in [0.25, 0.3) is 0 Å². The largest absolute Gasteiger partial charge is 0.545 e. The number of hydrogen-bond donors (Lipinski definition) is 0. The van der Waals surface area contributed by atoms with Crippen molar-refractivity contribution >= 4 is 44.7 Å². The van der Waals surface area contributed by atoms with Crippen molar-refractivity contribution in [3.63, 3.8) is 0 Å². The summed E-state index contributed by atoms with van der Waals surface area (Å²) in [5.74, 6) is -1.67. The summed E-state index contributed by atoms with van der Waals surface area (Å²) in [6.45, 7) is 0. The summed E-state index contributed by atoms with van der Waals surface area (Å²) in [5, 5.41) is 21.8. The van der Waals surface area contributed by atoms with Crippen molar-refractivity contribution in [2.75, 3.05) is 0 Å². The maximum Gasteiger partial charge on any atom is 0.289 e. The summed E-state index contributed by atoms with van der Waals surface area (Å²) >= 11 is 11.6. The molecule has 120 valence electrons. The number of carboxylic acid groups (broad SMARTS) is 1. The highest BCUT2D eigenvalue weighted by molar-refractivity contribution is 7.91. The van der Waals surface area contributed by atoms with E-state index in [9.17, 15) is 28.4 Å². The quantitative estimate of drug-likeness (QED) is 0.597. The molecule has 0 bridgehead atoms. The van der Waals surface area contributed by atoms with Gasteiger partial charge in [0.15, 0.2) is 0 Å². The Labute approximate surface area is 140 Å². The molecule has 7 nitrogen and oxygen atoms in total. The van der Waals surface area contributed by atoms with Crippen LogP contribution in [0.3, 0.4) is 0 Å². The lowest BCUT2D eigenvalue weighted by Crippen LogP contribution is -2.22. The van der Waals surface area contributed by atoms with E-state index in [-0.39, 0.29) is 10.0 Å². The minimum absolute atomic E-state index is 0.0713. The molecule has 0 saturated heterocycles. The molecule has 10 heteroatoms. The molecule has 23 heavy (non-hydrogen) atoms. The van der Waals surface area contributed by atoms with Crippen LogP contribution in [0.5, 0.6) is 0 Å². The fourth-order valence-corrected chi connectivity index (χ4v) is 3.97. The average Bonchev–Trinajstić information content (AvgIpc) is 2.48. The predicted octanol–water partition coefficient (Wildman–Crippen LogP) is 2.10. The Hall–Kier alpha value is -2.16. The predicted molar refractivity (Wildman–Crippen MR) is 79.3 cm³/mol. The molecule has 0 radical (unpaired) electrons. The Bertz CT molecular complexity index is 926. The van der Waals surface area contributed by atoms with Gasteiger partial charge < -0.3 is 9.90 Å². The Balaban J connectivity index is 2.76. The number of nitrogens with zero attached hydrogens (tertiary/aromatic N) is 1. The van der Waals surface area contributed by atoms with E-state index in [0.29, 0.717) is 6.07 Å². The van der Waals surface area contributed by atoms with Gasteiger partial charge in [-0.3, -0.25) is 10.1 Å². The molecule has 0 aliphatic carbocycles. The second-order valence-electron chi connectivity index (χ2n) is 4.31. The minimum Gasteiger partial charge on any atom is -0.545 e. The maximum absolute atomic E-state index is 12.6. The highest BCUT2D eigenvalue weighted by Gasteiger charge is 2.30. The first-order chi connectivity index (χ1) is 10.6. The molecule has 0 amide bonds. The number of hydrogen-bond acceptors (Lipinski definition) is 6. The fraction of sp³-hybridized carbons (Fsp3) is 0. The van der Waals surface area contributed by atoms with Gasteiger partial charge >= 0.3 is 0 Å². The van der Waals surface area contributed by atoms with E-state index in [0.717, 1.165) is 18.2 Å². The van der Waals surface area contributed by atoms with Crippen LogP contribution in [0.2, 0.25) is 10.0 Å². The van der Waals surface area contributed by atoms with Gasteiger partial charge in [-0.1, -0.05) is 29.3 Å². The van der Waals surface area contributed by atoms with Gasteiger partial charge in [0.25, 0.3) is 5.69 Å². The summed E-state index contributed by atoms with van der Waals surface area (Å²) in [6.07, 6.45) is 0. The van der Waals surface area contributed by atoms with Crippen molar-refractivity contribution in [1.29, 1.82) is 0 Å². The van der Waals surface area contributed by atoms with E-state index in [4.69, 9.17) is 23.2 Å². The summed E-state index contributed by atoms with van der Waals surface area (Å²) in [6, 6.07) is 5.97. The number of carbonyl (C=O) groups is 1. The maximum atomic E-state index is 12.6. The monoisotopic (exact) mass is 374 g/mol. The van der Waals surface area contributed by atoms with Crippen molar-refractivity contribution in [3.8, 4) is 0 Å². The van der Waals surface area contributed by atoms with Crippen LogP contribution in [0.1, 0.15) is 10.4 Å². The van der Waals surface area contributed by atoms with E-state index >= 15 is 0 Å². The number of carbonyl (C=O) groups excluding carboxylic acids is 1. The van der Waals surface area contributed by atoms with Gasteiger partial charge in [0.1, 0.15) is 4.90 Å². The van der Waals surface area contributed by atoms with Crippen LogP contribution in [0, 0.1) is 10.1 Å². The topological polar surface area (TPSA) is 117 Å². The SMILES string of the molecule is O=C([O-])c1ccc(S(=O)(=O)c2cc(Cl)ccc2Cl)c([N+](=O)[O-])c1. The normalized spacial score (nSPS) is 11.2. The smallest absolute Gasteiger partial charge is 0.289 e. The zero-order valence-corrected chi connectivity index (χ0v) is 13.4.